The minimum atomic E-state index is 0.725. The van der Waals surface area contributed by atoms with Crippen LogP contribution in [0.15, 0.2) is 16.7 Å². The molecule has 0 saturated heterocycles. The Hall–Kier alpha value is -0.720. The molecule has 0 aromatic carbocycles. The quantitative estimate of drug-likeness (QED) is 0.534. The van der Waals surface area contributed by atoms with Gasteiger partial charge in [0.2, 0.25) is 0 Å². The van der Waals surface area contributed by atoms with Gasteiger partial charge < -0.3 is 4.42 Å². The van der Waals surface area contributed by atoms with Crippen molar-refractivity contribution in [3.8, 4) is 0 Å². The van der Waals surface area contributed by atoms with E-state index in [0.29, 0.717) is 0 Å². The number of hydrogen-bond acceptors (Lipinski definition) is 1. The van der Waals surface area contributed by atoms with E-state index in [4.69, 9.17) is 4.42 Å². The van der Waals surface area contributed by atoms with Gasteiger partial charge in [0.15, 0.2) is 0 Å². The second-order valence-electron chi connectivity index (χ2n) is 3.09. The van der Waals surface area contributed by atoms with Gasteiger partial charge in [-0.1, -0.05) is 6.92 Å². The highest BCUT2D eigenvalue weighted by Gasteiger charge is 2.17. The van der Waals surface area contributed by atoms with Gasteiger partial charge in [-0.2, -0.15) is 0 Å². The average molecular weight is 136 g/mol. The van der Waals surface area contributed by atoms with Crippen molar-refractivity contribution in [3.63, 3.8) is 0 Å². The lowest BCUT2D eigenvalue weighted by Crippen LogP contribution is -2.03. The molecule has 1 heteroatoms. The topological polar surface area (TPSA) is 13.1 Å². The molecule has 0 saturated carbocycles. The summed E-state index contributed by atoms with van der Waals surface area (Å²) in [5.74, 6) is 1.95. The van der Waals surface area contributed by atoms with Gasteiger partial charge >= 0.3 is 0 Å². The van der Waals surface area contributed by atoms with E-state index in [-0.39, 0.29) is 0 Å². The Morgan fingerprint density at radius 1 is 1.60 bits per heavy atom. The van der Waals surface area contributed by atoms with Gasteiger partial charge in [0.25, 0.3) is 0 Å². The fraction of sp³-hybridized carbons (Fsp3) is 0.556. The van der Waals surface area contributed by atoms with Gasteiger partial charge in [-0.15, -0.1) is 0 Å². The molecule has 54 valence electrons. The highest BCUT2D eigenvalue weighted by molar-refractivity contribution is 5.23. The molecule has 1 nitrogen and oxygen atoms in total. The standard InChI is InChI=1S/C9H12O/c1-7-3-2-4-9-8(7)5-6-10-9/h5-7H,2-4H2,1H3/t7-/m1/s1. The van der Waals surface area contributed by atoms with E-state index in [1.165, 1.54) is 24.2 Å². The first-order valence-electron chi connectivity index (χ1n) is 3.94. The van der Waals surface area contributed by atoms with Crippen LogP contribution >= 0.6 is 0 Å². The molecule has 10 heavy (non-hydrogen) atoms. The van der Waals surface area contributed by atoms with Crippen molar-refractivity contribution < 1.29 is 4.42 Å². The Bertz CT molecular complexity index is 224. The summed E-state index contributed by atoms with van der Waals surface area (Å²) < 4.78 is 5.33. The molecule has 0 aliphatic heterocycles. The summed E-state index contributed by atoms with van der Waals surface area (Å²) in [4.78, 5) is 0. The normalized spacial score (nSPS) is 24.3. The molecule has 0 amide bonds. The average Bonchev–Trinajstić information content (AvgIpc) is 2.36. The molecule has 2 rings (SSSR count). The van der Waals surface area contributed by atoms with Crippen molar-refractivity contribution in [3.05, 3.63) is 23.7 Å². The maximum Gasteiger partial charge on any atom is 0.107 e. The summed E-state index contributed by atoms with van der Waals surface area (Å²) in [5, 5.41) is 0. The lowest BCUT2D eigenvalue weighted by Gasteiger charge is -2.16. The number of hydrogen-bond donors (Lipinski definition) is 0. The molecular formula is C9H12O. The van der Waals surface area contributed by atoms with Crippen molar-refractivity contribution >= 4 is 0 Å². The second-order valence-corrected chi connectivity index (χ2v) is 3.09. The number of rotatable bonds is 0. The van der Waals surface area contributed by atoms with E-state index in [1.807, 2.05) is 6.26 Å². The summed E-state index contributed by atoms with van der Waals surface area (Å²) in [6, 6.07) is 2.11. The Labute approximate surface area is 61.0 Å². The number of fused-ring (bicyclic) bond motifs is 1. The zero-order valence-electron chi connectivity index (χ0n) is 6.26. The fourth-order valence-corrected chi connectivity index (χ4v) is 1.72. The molecule has 0 radical (unpaired) electrons. The fourth-order valence-electron chi connectivity index (χ4n) is 1.72. The predicted molar refractivity (Wildman–Crippen MR) is 40.1 cm³/mol. The van der Waals surface area contributed by atoms with E-state index in [1.54, 1.807) is 0 Å². The Balaban J connectivity index is 2.41. The molecule has 0 N–H and O–H groups in total. The molecular weight excluding hydrogens is 124 g/mol. The van der Waals surface area contributed by atoms with Gasteiger partial charge in [-0.3, -0.25) is 0 Å². The second kappa shape index (κ2) is 2.15. The molecule has 0 spiro atoms. The van der Waals surface area contributed by atoms with E-state index >= 15 is 0 Å². The van der Waals surface area contributed by atoms with Crippen LogP contribution in [0.4, 0.5) is 0 Å². The van der Waals surface area contributed by atoms with Crippen LogP contribution in [0.25, 0.3) is 0 Å². The first kappa shape index (κ1) is 6.02. The van der Waals surface area contributed by atoms with Crippen molar-refractivity contribution in [1.82, 2.24) is 0 Å². The molecule has 1 atom stereocenters. The summed E-state index contributed by atoms with van der Waals surface area (Å²) in [5.41, 5.74) is 1.44. The zero-order valence-corrected chi connectivity index (χ0v) is 6.26. The summed E-state index contributed by atoms with van der Waals surface area (Å²) in [6.45, 7) is 2.27. The monoisotopic (exact) mass is 136 g/mol. The maximum absolute atomic E-state index is 5.33. The minimum Gasteiger partial charge on any atom is -0.469 e. The summed E-state index contributed by atoms with van der Waals surface area (Å²) in [7, 11) is 0. The SMILES string of the molecule is C[C@@H]1CCCc2occc21. The van der Waals surface area contributed by atoms with Gasteiger partial charge in [-0.05, 0) is 30.4 Å². The lowest BCUT2D eigenvalue weighted by molar-refractivity contribution is 0.459. The largest absolute Gasteiger partial charge is 0.469 e. The third kappa shape index (κ3) is 0.772. The van der Waals surface area contributed by atoms with Crippen LogP contribution in [0.1, 0.15) is 37.0 Å². The molecule has 0 bridgehead atoms. The number of aryl methyl sites for hydroxylation is 1. The number of furan rings is 1. The van der Waals surface area contributed by atoms with Crippen LogP contribution < -0.4 is 0 Å². The Morgan fingerprint density at radius 3 is 3.30 bits per heavy atom. The van der Waals surface area contributed by atoms with Crippen molar-refractivity contribution in [2.24, 2.45) is 0 Å². The molecule has 1 aliphatic carbocycles. The van der Waals surface area contributed by atoms with Gasteiger partial charge in [-0.25, -0.2) is 0 Å². The predicted octanol–water partition coefficient (Wildman–Crippen LogP) is 2.72. The summed E-state index contributed by atoms with van der Waals surface area (Å²) in [6.07, 6.45) is 5.58. The lowest BCUT2D eigenvalue weighted by atomic mass is 9.89. The zero-order chi connectivity index (χ0) is 6.97. The minimum absolute atomic E-state index is 0.725. The molecule has 1 aromatic rings. The van der Waals surface area contributed by atoms with Crippen LogP contribution in [0, 0.1) is 0 Å². The van der Waals surface area contributed by atoms with Crippen molar-refractivity contribution in [1.29, 1.82) is 0 Å². The first-order chi connectivity index (χ1) is 4.88. The Kier molecular flexibility index (Phi) is 1.30. The van der Waals surface area contributed by atoms with E-state index < -0.39 is 0 Å². The smallest absolute Gasteiger partial charge is 0.107 e. The third-order valence-electron chi connectivity index (χ3n) is 2.35. The van der Waals surface area contributed by atoms with Crippen LogP contribution in [0.2, 0.25) is 0 Å². The van der Waals surface area contributed by atoms with Crippen LogP contribution in [-0.4, -0.2) is 0 Å². The van der Waals surface area contributed by atoms with Crippen molar-refractivity contribution in [2.75, 3.05) is 0 Å². The van der Waals surface area contributed by atoms with E-state index in [2.05, 4.69) is 13.0 Å². The maximum atomic E-state index is 5.33. The molecule has 1 heterocycles. The molecule has 0 unspecified atom stereocenters. The molecule has 1 aliphatic rings. The van der Waals surface area contributed by atoms with Gasteiger partial charge in [0.1, 0.15) is 5.76 Å². The van der Waals surface area contributed by atoms with E-state index in [9.17, 15) is 0 Å². The molecule has 1 aromatic heterocycles. The van der Waals surface area contributed by atoms with Gasteiger partial charge in [0.05, 0.1) is 6.26 Å². The van der Waals surface area contributed by atoms with Crippen LogP contribution in [0.5, 0.6) is 0 Å². The summed E-state index contributed by atoms with van der Waals surface area (Å²) >= 11 is 0. The Morgan fingerprint density at radius 2 is 2.50 bits per heavy atom. The van der Waals surface area contributed by atoms with Crippen molar-refractivity contribution in [2.45, 2.75) is 32.1 Å². The highest BCUT2D eigenvalue weighted by atomic mass is 16.3. The van der Waals surface area contributed by atoms with E-state index in [0.717, 1.165) is 12.3 Å². The first-order valence-corrected chi connectivity index (χ1v) is 3.94. The molecule has 0 fully saturated rings. The van der Waals surface area contributed by atoms with Gasteiger partial charge in [0, 0.05) is 6.42 Å². The van der Waals surface area contributed by atoms with Crippen LogP contribution in [-0.2, 0) is 6.42 Å². The van der Waals surface area contributed by atoms with Crippen LogP contribution in [0.3, 0.4) is 0 Å². The third-order valence-corrected chi connectivity index (χ3v) is 2.35. The highest BCUT2D eigenvalue weighted by Crippen LogP contribution is 2.31.